The quantitative estimate of drug-likeness (QED) is 0.627. The molecule has 1 aromatic carbocycles. The van der Waals surface area contributed by atoms with Gasteiger partial charge in [-0.25, -0.2) is 4.98 Å². The van der Waals surface area contributed by atoms with Crippen LogP contribution in [0.1, 0.15) is 26.6 Å². The minimum atomic E-state index is -0.0548. The van der Waals surface area contributed by atoms with E-state index in [1.54, 1.807) is 23.5 Å². The fourth-order valence-electron chi connectivity index (χ4n) is 3.14. The molecule has 0 saturated carbocycles. The monoisotopic (exact) mass is 354 g/mol. The van der Waals surface area contributed by atoms with Gasteiger partial charge in [0.05, 0.1) is 17.0 Å². The topological polar surface area (TPSA) is 62.1 Å². The lowest BCUT2D eigenvalue weighted by molar-refractivity contribution is 0.100. The lowest BCUT2D eigenvalue weighted by Crippen LogP contribution is -2.19. The Kier molecular flexibility index (Phi) is 2.96. The SMILES string of the molecule is Cc1cn2c(C=C3COc4cc5c(cc4C3=O)OCO5)c(C)nc2s1. The van der Waals surface area contributed by atoms with E-state index < -0.39 is 0 Å². The van der Waals surface area contributed by atoms with Crippen molar-refractivity contribution in [1.82, 2.24) is 9.38 Å². The number of imidazole rings is 1. The Morgan fingerprint density at radius 2 is 1.96 bits per heavy atom. The first-order valence-electron chi connectivity index (χ1n) is 7.87. The Morgan fingerprint density at radius 3 is 2.80 bits per heavy atom. The molecule has 2 aliphatic heterocycles. The highest BCUT2D eigenvalue weighted by molar-refractivity contribution is 7.17. The van der Waals surface area contributed by atoms with Crippen molar-refractivity contribution in [3.05, 3.63) is 45.7 Å². The Labute approximate surface area is 147 Å². The number of ether oxygens (including phenoxy) is 3. The molecule has 2 aliphatic rings. The average molecular weight is 354 g/mol. The third kappa shape index (κ3) is 2.16. The molecule has 0 N–H and O–H groups in total. The number of aromatic nitrogens is 2. The van der Waals surface area contributed by atoms with Crippen LogP contribution in [-0.2, 0) is 0 Å². The number of nitrogens with zero attached hydrogens (tertiary/aromatic N) is 2. The summed E-state index contributed by atoms with van der Waals surface area (Å²) in [4.78, 5) is 19.6. The highest BCUT2D eigenvalue weighted by Crippen LogP contribution is 2.40. The standard InChI is InChI=1S/C18H14N2O4S/c1-9-6-20-13(10(2)19-18(20)25-9)3-11-7-22-14-5-16-15(23-8-24-16)4-12(14)17(11)21/h3-6H,7-8H2,1-2H3. The van der Waals surface area contributed by atoms with Crippen molar-refractivity contribution in [2.45, 2.75) is 13.8 Å². The molecular formula is C18H14N2O4S. The maximum absolute atomic E-state index is 12.9. The maximum Gasteiger partial charge on any atom is 0.231 e. The first-order valence-corrected chi connectivity index (χ1v) is 8.68. The molecular weight excluding hydrogens is 340 g/mol. The van der Waals surface area contributed by atoms with Gasteiger partial charge in [-0.05, 0) is 26.0 Å². The van der Waals surface area contributed by atoms with E-state index in [1.165, 1.54) is 4.88 Å². The summed E-state index contributed by atoms with van der Waals surface area (Å²) in [6.07, 6.45) is 3.91. The van der Waals surface area contributed by atoms with Gasteiger partial charge in [0.15, 0.2) is 22.2 Å². The number of Topliss-reactive ketones (excluding diaryl/α,β-unsaturated/α-hetero) is 1. The number of hydrogen-bond acceptors (Lipinski definition) is 6. The summed E-state index contributed by atoms with van der Waals surface area (Å²) in [5.41, 5.74) is 2.90. The predicted molar refractivity (Wildman–Crippen MR) is 92.9 cm³/mol. The van der Waals surface area contributed by atoms with E-state index in [9.17, 15) is 4.79 Å². The lowest BCUT2D eigenvalue weighted by atomic mass is 9.98. The van der Waals surface area contributed by atoms with E-state index in [4.69, 9.17) is 14.2 Å². The van der Waals surface area contributed by atoms with Gasteiger partial charge < -0.3 is 14.2 Å². The summed E-state index contributed by atoms with van der Waals surface area (Å²) in [6, 6.07) is 3.41. The number of carbonyl (C=O) groups is 1. The first kappa shape index (κ1) is 14.5. The van der Waals surface area contributed by atoms with Gasteiger partial charge in [0.1, 0.15) is 12.4 Å². The second-order valence-corrected chi connectivity index (χ2v) is 7.28. The van der Waals surface area contributed by atoms with Crippen LogP contribution >= 0.6 is 11.3 Å². The van der Waals surface area contributed by atoms with Gasteiger partial charge in [-0.1, -0.05) is 0 Å². The van der Waals surface area contributed by atoms with Crippen LogP contribution in [0.25, 0.3) is 11.0 Å². The number of rotatable bonds is 1. The molecule has 0 unspecified atom stereocenters. The van der Waals surface area contributed by atoms with Gasteiger partial charge in [0, 0.05) is 22.7 Å². The molecule has 0 amide bonds. The number of thiazole rings is 1. The average Bonchev–Trinajstić information content (AvgIpc) is 3.24. The van der Waals surface area contributed by atoms with E-state index in [0.717, 1.165) is 16.3 Å². The van der Waals surface area contributed by atoms with Crippen molar-refractivity contribution in [2.75, 3.05) is 13.4 Å². The fourth-order valence-corrected chi connectivity index (χ4v) is 4.02. The number of fused-ring (bicyclic) bond motifs is 3. The summed E-state index contributed by atoms with van der Waals surface area (Å²) < 4.78 is 18.5. The maximum atomic E-state index is 12.9. The van der Waals surface area contributed by atoms with Crippen LogP contribution in [-0.4, -0.2) is 28.6 Å². The van der Waals surface area contributed by atoms with Crippen molar-refractivity contribution >= 4 is 28.2 Å². The third-order valence-corrected chi connectivity index (χ3v) is 5.27. The number of hydrogen-bond donors (Lipinski definition) is 0. The van der Waals surface area contributed by atoms with Crippen LogP contribution < -0.4 is 14.2 Å². The zero-order valence-electron chi connectivity index (χ0n) is 13.7. The first-order chi connectivity index (χ1) is 12.1. The van der Waals surface area contributed by atoms with Gasteiger partial charge in [-0.2, -0.15) is 0 Å². The number of carbonyl (C=O) groups excluding carboxylic acids is 1. The number of aryl methyl sites for hydroxylation is 2. The zero-order valence-corrected chi connectivity index (χ0v) is 14.5. The van der Waals surface area contributed by atoms with Crippen molar-refractivity contribution in [2.24, 2.45) is 0 Å². The van der Waals surface area contributed by atoms with E-state index >= 15 is 0 Å². The van der Waals surface area contributed by atoms with Crippen molar-refractivity contribution < 1.29 is 19.0 Å². The van der Waals surface area contributed by atoms with Gasteiger partial charge >= 0.3 is 0 Å². The highest BCUT2D eigenvalue weighted by Gasteiger charge is 2.28. The molecule has 126 valence electrons. The van der Waals surface area contributed by atoms with Crippen LogP contribution in [0.15, 0.2) is 23.9 Å². The van der Waals surface area contributed by atoms with Crippen molar-refractivity contribution in [3.63, 3.8) is 0 Å². The van der Waals surface area contributed by atoms with Gasteiger partial charge in [0.25, 0.3) is 0 Å². The molecule has 3 aromatic rings. The fraction of sp³-hybridized carbons (Fsp3) is 0.222. The lowest BCUT2D eigenvalue weighted by Gasteiger charge is -2.19. The summed E-state index contributed by atoms with van der Waals surface area (Å²) in [5, 5.41) is 0. The normalized spacial score (nSPS) is 17.2. The number of benzene rings is 1. The Balaban J connectivity index is 1.60. The Hall–Kier alpha value is -2.80. The molecule has 0 atom stereocenters. The Morgan fingerprint density at radius 1 is 1.16 bits per heavy atom. The zero-order chi connectivity index (χ0) is 17.1. The second kappa shape index (κ2) is 5.10. The summed E-state index contributed by atoms with van der Waals surface area (Å²) in [7, 11) is 0. The van der Waals surface area contributed by atoms with E-state index in [-0.39, 0.29) is 19.2 Å². The van der Waals surface area contributed by atoms with Crippen molar-refractivity contribution in [3.8, 4) is 17.2 Å². The molecule has 5 rings (SSSR count). The molecule has 0 fully saturated rings. The van der Waals surface area contributed by atoms with Crippen LogP contribution in [0.2, 0.25) is 0 Å². The molecule has 0 aliphatic carbocycles. The van der Waals surface area contributed by atoms with E-state index in [0.29, 0.717) is 28.4 Å². The van der Waals surface area contributed by atoms with E-state index in [2.05, 4.69) is 4.98 Å². The third-order valence-electron chi connectivity index (χ3n) is 4.37. The molecule has 4 heterocycles. The largest absolute Gasteiger partial charge is 0.488 e. The molecule has 2 aromatic heterocycles. The highest BCUT2D eigenvalue weighted by atomic mass is 32.1. The molecule has 0 spiro atoms. The van der Waals surface area contributed by atoms with Gasteiger partial charge in [-0.3, -0.25) is 9.20 Å². The summed E-state index contributed by atoms with van der Waals surface area (Å²) in [6.45, 7) is 4.38. The van der Waals surface area contributed by atoms with E-state index in [1.807, 2.05) is 30.5 Å². The number of ketones is 1. The predicted octanol–water partition coefficient (Wildman–Crippen LogP) is 3.40. The minimum Gasteiger partial charge on any atom is -0.488 e. The minimum absolute atomic E-state index is 0.0548. The van der Waals surface area contributed by atoms with Crippen molar-refractivity contribution in [1.29, 1.82) is 0 Å². The summed E-state index contributed by atoms with van der Waals surface area (Å²) >= 11 is 1.63. The van der Waals surface area contributed by atoms with Crippen LogP contribution in [0.5, 0.6) is 17.2 Å². The Bertz CT molecular complexity index is 1080. The molecule has 7 heteroatoms. The molecule has 0 radical (unpaired) electrons. The molecule has 0 bridgehead atoms. The van der Waals surface area contributed by atoms with Gasteiger partial charge in [0.2, 0.25) is 6.79 Å². The molecule has 25 heavy (non-hydrogen) atoms. The second-order valence-electron chi connectivity index (χ2n) is 6.07. The summed E-state index contributed by atoms with van der Waals surface area (Å²) in [5.74, 6) is 1.67. The van der Waals surface area contributed by atoms with Crippen LogP contribution in [0, 0.1) is 13.8 Å². The smallest absolute Gasteiger partial charge is 0.231 e. The van der Waals surface area contributed by atoms with Gasteiger partial charge in [-0.15, -0.1) is 11.3 Å². The van der Waals surface area contributed by atoms with Crippen LogP contribution in [0.4, 0.5) is 0 Å². The molecule has 0 saturated heterocycles. The van der Waals surface area contributed by atoms with Crippen LogP contribution in [0.3, 0.4) is 0 Å². The molecule has 6 nitrogen and oxygen atoms in total.